The van der Waals surface area contributed by atoms with Gasteiger partial charge in [0.15, 0.2) is 0 Å². The average molecular weight is 779 g/mol. The minimum atomic E-state index is 0.343. The number of fused-ring (bicyclic) bond motifs is 10. The molecule has 0 aromatic heterocycles. The third kappa shape index (κ3) is 9.71. The Morgan fingerprint density at radius 1 is 0.439 bits per heavy atom. The van der Waals surface area contributed by atoms with E-state index in [-0.39, 0.29) is 0 Å². The van der Waals surface area contributed by atoms with Crippen molar-refractivity contribution in [2.75, 3.05) is 39.6 Å². The Morgan fingerprint density at radius 2 is 0.825 bits per heavy atom. The van der Waals surface area contributed by atoms with Crippen LogP contribution in [0.4, 0.5) is 0 Å². The van der Waals surface area contributed by atoms with Gasteiger partial charge in [0.1, 0.15) is 55.4 Å². The predicted octanol–water partition coefficient (Wildman–Crippen LogP) is 11.5. The van der Waals surface area contributed by atoms with Gasteiger partial charge in [-0.25, -0.2) is 0 Å². The van der Waals surface area contributed by atoms with Gasteiger partial charge in [-0.05, 0) is 146 Å². The van der Waals surface area contributed by atoms with E-state index in [0.29, 0.717) is 24.9 Å². The topological polar surface area (TPSA) is 65.3 Å². The van der Waals surface area contributed by atoms with Crippen LogP contribution in [0.25, 0.3) is 0 Å². The highest BCUT2D eigenvalue weighted by Gasteiger charge is 2.55. The number of ether oxygens (including phenoxy) is 6. The van der Waals surface area contributed by atoms with Crippen LogP contribution < -0.4 is 14.2 Å². The summed E-state index contributed by atoms with van der Waals surface area (Å²) in [6.45, 7) is 12.7. The highest BCUT2D eigenvalue weighted by atomic mass is 16.6. The first-order valence-electron chi connectivity index (χ1n) is 23.2. The van der Waals surface area contributed by atoms with Crippen molar-refractivity contribution in [1.82, 2.24) is 0 Å². The summed E-state index contributed by atoms with van der Waals surface area (Å²) in [7, 11) is 0. The second-order valence-electron chi connectivity index (χ2n) is 17.7. The summed E-state index contributed by atoms with van der Waals surface area (Å²) >= 11 is 0. The summed E-state index contributed by atoms with van der Waals surface area (Å²) in [5, 5.41) is 0. The van der Waals surface area contributed by atoms with E-state index >= 15 is 0 Å². The summed E-state index contributed by atoms with van der Waals surface area (Å²) in [6, 6.07) is 27.3. The van der Waals surface area contributed by atoms with Gasteiger partial charge in [0.05, 0.1) is 19.8 Å². The van der Waals surface area contributed by atoms with E-state index in [1.807, 2.05) is 58.0 Å². The first kappa shape index (κ1) is 40.7. The SMILES string of the molecule is CC.CC.c1ccc(C2CC3CC2C2CCCC32)c(OCC2CO2)c1.c1ccc(C2CC3CC2C2CCCC32)c(OCC2CO2)c1.c1ccc(OCC2CO2)cc1. The van der Waals surface area contributed by atoms with Crippen LogP contribution in [0.3, 0.4) is 0 Å². The van der Waals surface area contributed by atoms with Crippen LogP contribution in [-0.2, 0) is 14.2 Å². The first-order chi connectivity index (χ1) is 28.2. The third-order valence-corrected chi connectivity index (χ3v) is 14.7. The predicted molar refractivity (Wildman–Crippen MR) is 227 cm³/mol. The highest BCUT2D eigenvalue weighted by molar-refractivity contribution is 5.39. The van der Waals surface area contributed by atoms with Crippen LogP contribution in [0.5, 0.6) is 17.2 Å². The molecule has 4 bridgehead atoms. The van der Waals surface area contributed by atoms with Crippen molar-refractivity contribution < 1.29 is 28.4 Å². The number of hydrogen-bond donors (Lipinski definition) is 0. The molecule has 0 radical (unpaired) electrons. The van der Waals surface area contributed by atoms with E-state index in [1.54, 1.807) is 0 Å². The number of para-hydroxylation sites is 3. The normalized spacial score (nSPS) is 36.0. The van der Waals surface area contributed by atoms with Gasteiger partial charge in [-0.3, -0.25) is 0 Å². The van der Waals surface area contributed by atoms with Crippen molar-refractivity contribution in [3.05, 3.63) is 90.0 Å². The Kier molecular flexibility index (Phi) is 13.8. The van der Waals surface area contributed by atoms with Crippen molar-refractivity contribution in [3.63, 3.8) is 0 Å². The molecule has 3 aromatic rings. The van der Waals surface area contributed by atoms with E-state index < -0.39 is 0 Å². The Hall–Kier alpha value is -3.06. The lowest BCUT2D eigenvalue weighted by Crippen LogP contribution is -2.23. The molecule has 6 heteroatoms. The molecule has 3 aromatic carbocycles. The second-order valence-corrected chi connectivity index (χ2v) is 17.7. The van der Waals surface area contributed by atoms with Crippen LogP contribution in [0, 0.1) is 47.3 Å². The van der Waals surface area contributed by atoms with Crippen molar-refractivity contribution in [1.29, 1.82) is 0 Å². The minimum absolute atomic E-state index is 0.343. The van der Waals surface area contributed by atoms with Crippen molar-refractivity contribution in [3.8, 4) is 17.2 Å². The Labute approximate surface area is 343 Å². The maximum absolute atomic E-state index is 6.07. The molecule has 310 valence electrons. The minimum Gasteiger partial charge on any atom is -0.491 e. The fraction of sp³-hybridized carbons (Fsp3) is 0.647. The summed E-state index contributed by atoms with van der Waals surface area (Å²) in [4.78, 5) is 0. The molecule has 0 spiro atoms. The smallest absolute Gasteiger partial charge is 0.122 e. The molecule has 0 amide bonds. The van der Waals surface area contributed by atoms with Gasteiger partial charge in [0.2, 0.25) is 0 Å². The highest BCUT2D eigenvalue weighted by Crippen LogP contribution is 2.65. The molecule has 6 aliphatic carbocycles. The van der Waals surface area contributed by atoms with E-state index in [2.05, 4.69) is 48.5 Å². The molecule has 0 N–H and O–H groups in total. The number of rotatable bonds is 11. The largest absolute Gasteiger partial charge is 0.491 e. The van der Waals surface area contributed by atoms with Gasteiger partial charge < -0.3 is 28.4 Å². The van der Waals surface area contributed by atoms with Gasteiger partial charge >= 0.3 is 0 Å². The summed E-state index contributed by atoms with van der Waals surface area (Å²) in [5.41, 5.74) is 2.96. The lowest BCUT2D eigenvalue weighted by molar-refractivity contribution is 0.223. The fourth-order valence-corrected chi connectivity index (χ4v) is 12.3. The van der Waals surface area contributed by atoms with Gasteiger partial charge in [0.25, 0.3) is 0 Å². The maximum Gasteiger partial charge on any atom is 0.122 e. The van der Waals surface area contributed by atoms with Crippen molar-refractivity contribution in [2.24, 2.45) is 47.3 Å². The molecule has 13 atom stereocenters. The quantitative estimate of drug-likeness (QED) is 0.181. The number of epoxide rings is 3. The molecule has 9 aliphatic rings. The zero-order chi connectivity index (χ0) is 39.1. The lowest BCUT2D eigenvalue weighted by Gasteiger charge is -2.32. The number of hydrogen-bond acceptors (Lipinski definition) is 6. The average Bonchev–Trinajstić information content (AvgIpc) is 4.19. The molecular formula is C51H70O6. The molecule has 3 heterocycles. The second kappa shape index (κ2) is 19.3. The molecule has 13 unspecified atom stereocenters. The molecule has 6 nitrogen and oxygen atoms in total. The Morgan fingerprint density at radius 3 is 1.26 bits per heavy atom. The molecule has 3 saturated heterocycles. The van der Waals surface area contributed by atoms with Crippen molar-refractivity contribution >= 4 is 0 Å². The molecule has 9 fully saturated rings. The van der Waals surface area contributed by atoms with Crippen LogP contribution in [0.2, 0.25) is 0 Å². The van der Waals surface area contributed by atoms with Gasteiger partial charge in [-0.2, -0.15) is 0 Å². The molecule has 57 heavy (non-hydrogen) atoms. The van der Waals surface area contributed by atoms with Gasteiger partial charge in [-0.15, -0.1) is 0 Å². The van der Waals surface area contributed by atoms with Crippen LogP contribution >= 0.6 is 0 Å². The van der Waals surface area contributed by atoms with Gasteiger partial charge in [-0.1, -0.05) is 95.1 Å². The monoisotopic (exact) mass is 779 g/mol. The maximum atomic E-state index is 6.07. The third-order valence-electron chi connectivity index (χ3n) is 14.7. The van der Waals surface area contributed by atoms with Crippen LogP contribution in [0.15, 0.2) is 78.9 Å². The first-order valence-corrected chi connectivity index (χ1v) is 23.2. The van der Waals surface area contributed by atoms with E-state index in [9.17, 15) is 0 Å². The summed E-state index contributed by atoms with van der Waals surface area (Å²) < 4.78 is 33.1. The number of benzene rings is 3. The molecular weight excluding hydrogens is 709 g/mol. The Bertz CT molecular complexity index is 1570. The molecule has 3 aliphatic heterocycles. The van der Waals surface area contributed by atoms with E-state index in [0.717, 1.165) is 109 Å². The summed E-state index contributed by atoms with van der Waals surface area (Å²) in [5.74, 6) is 12.7. The standard InChI is InChI=1S/2C19H24O2.C9H10O2.2C2H6/c2*1-2-7-19(21-11-13-10-20-13)16(4-1)18-9-12-8-17(18)15-6-3-5-14(12)15;1-2-4-8(5-3-1)10-6-9-7-11-9;2*1-2/h2*1-2,4,7,12-15,17-18H,3,5-6,8-11H2;1-5,9H,6-7H2;2*1-2H3. The summed E-state index contributed by atoms with van der Waals surface area (Å²) in [6.07, 6.45) is 15.8. The molecule has 12 rings (SSSR count). The molecule has 6 saturated carbocycles. The zero-order valence-corrected chi connectivity index (χ0v) is 35.3. The Balaban J connectivity index is 0.000000120. The van der Waals surface area contributed by atoms with E-state index in [1.165, 1.54) is 75.3 Å². The van der Waals surface area contributed by atoms with Crippen molar-refractivity contribution in [2.45, 2.75) is 122 Å². The van der Waals surface area contributed by atoms with Gasteiger partial charge in [0, 0.05) is 0 Å². The fourth-order valence-electron chi connectivity index (χ4n) is 12.3. The lowest BCUT2D eigenvalue weighted by atomic mass is 9.73. The van der Waals surface area contributed by atoms with E-state index in [4.69, 9.17) is 28.4 Å². The van der Waals surface area contributed by atoms with Crippen LogP contribution in [-0.4, -0.2) is 58.0 Å². The van der Waals surface area contributed by atoms with Crippen LogP contribution in [0.1, 0.15) is 115 Å². The zero-order valence-electron chi connectivity index (χ0n) is 35.3.